The number of hydrogen-bond acceptors (Lipinski definition) is 3. The van der Waals surface area contributed by atoms with E-state index in [1.54, 1.807) is 7.11 Å². The van der Waals surface area contributed by atoms with E-state index in [1.165, 1.54) is 17.5 Å². The summed E-state index contributed by atoms with van der Waals surface area (Å²) in [6, 6.07) is 6.04. The van der Waals surface area contributed by atoms with Gasteiger partial charge in [0.1, 0.15) is 6.61 Å². The summed E-state index contributed by atoms with van der Waals surface area (Å²) in [5.74, 6) is 0.0714. The molecule has 2 rings (SSSR count). The highest BCUT2D eigenvalue weighted by atomic mass is 16.5. The Balaban J connectivity index is 1.82. The minimum atomic E-state index is 0.0714. The van der Waals surface area contributed by atoms with Crippen LogP contribution >= 0.6 is 0 Å². The summed E-state index contributed by atoms with van der Waals surface area (Å²) >= 11 is 0. The van der Waals surface area contributed by atoms with Gasteiger partial charge in [-0.05, 0) is 42.9 Å². The highest BCUT2D eigenvalue weighted by Gasteiger charge is 2.13. The molecule has 0 N–H and O–H groups in total. The van der Waals surface area contributed by atoms with Crippen LogP contribution in [0.1, 0.15) is 34.3 Å². The van der Waals surface area contributed by atoms with Crippen molar-refractivity contribution < 1.29 is 14.3 Å². The van der Waals surface area contributed by atoms with Crippen LogP contribution in [-0.2, 0) is 22.3 Å². The topological polar surface area (TPSA) is 35.5 Å². The second kappa shape index (κ2) is 6.66. The summed E-state index contributed by atoms with van der Waals surface area (Å²) < 4.78 is 10.3. The minimum Gasteiger partial charge on any atom is -0.385 e. The predicted octanol–water partition coefficient (Wildman–Crippen LogP) is 2.41. The number of carbonyl (C=O) groups excluding carboxylic acids is 1. The monoisotopic (exact) mass is 248 g/mol. The van der Waals surface area contributed by atoms with Gasteiger partial charge in [0.2, 0.25) is 0 Å². The molecule has 18 heavy (non-hydrogen) atoms. The average molecular weight is 248 g/mol. The Labute approximate surface area is 108 Å². The van der Waals surface area contributed by atoms with Gasteiger partial charge in [0.25, 0.3) is 0 Å². The second-order valence-electron chi connectivity index (χ2n) is 4.66. The van der Waals surface area contributed by atoms with E-state index in [-0.39, 0.29) is 12.4 Å². The van der Waals surface area contributed by atoms with E-state index in [0.717, 1.165) is 24.8 Å². The Kier molecular flexibility index (Phi) is 4.90. The molecule has 0 heterocycles. The zero-order chi connectivity index (χ0) is 12.8. The van der Waals surface area contributed by atoms with Crippen LogP contribution in [0.5, 0.6) is 0 Å². The lowest BCUT2D eigenvalue weighted by Gasteiger charge is -2.05. The molecule has 98 valence electrons. The number of hydrogen-bond donors (Lipinski definition) is 0. The summed E-state index contributed by atoms with van der Waals surface area (Å²) in [6.45, 7) is 1.42. The molecule has 0 fully saturated rings. The third-order valence-electron chi connectivity index (χ3n) is 3.29. The first kappa shape index (κ1) is 13.2. The smallest absolute Gasteiger partial charge is 0.188 e. The van der Waals surface area contributed by atoms with Crippen LogP contribution < -0.4 is 0 Å². The number of ether oxygens (including phenoxy) is 2. The largest absolute Gasteiger partial charge is 0.385 e. The Morgan fingerprint density at radius 2 is 2.06 bits per heavy atom. The molecule has 0 unspecified atom stereocenters. The molecular weight excluding hydrogens is 228 g/mol. The van der Waals surface area contributed by atoms with Crippen molar-refractivity contribution in [2.45, 2.75) is 25.7 Å². The van der Waals surface area contributed by atoms with Gasteiger partial charge in [0.15, 0.2) is 5.78 Å². The van der Waals surface area contributed by atoms with Crippen LogP contribution in [0, 0.1) is 0 Å². The zero-order valence-corrected chi connectivity index (χ0v) is 10.9. The number of ketones is 1. The Bertz CT molecular complexity index is 412. The van der Waals surface area contributed by atoms with Crippen LogP contribution in [-0.4, -0.2) is 32.7 Å². The third kappa shape index (κ3) is 3.40. The maximum absolute atomic E-state index is 11.9. The van der Waals surface area contributed by atoms with E-state index in [4.69, 9.17) is 9.47 Å². The summed E-state index contributed by atoms with van der Waals surface area (Å²) in [6.07, 6.45) is 4.29. The maximum Gasteiger partial charge on any atom is 0.188 e. The molecule has 0 aliphatic heterocycles. The molecule has 1 aliphatic rings. The van der Waals surface area contributed by atoms with Crippen LogP contribution in [0.25, 0.3) is 0 Å². The minimum absolute atomic E-state index is 0.0714. The fraction of sp³-hybridized carbons (Fsp3) is 0.533. The summed E-state index contributed by atoms with van der Waals surface area (Å²) in [5.41, 5.74) is 3.51. The van der Waals surface area contributed by atoms with Gasteiger partial charge < -0.3 is 9.47 Å². The predicted molar refractivity (Wildman–Crippen MR) is 70.1 cm³/mol. The normalized spacial score (nSPS) is 13.6. The van der Waals surface area contributed by atoms with Crippen molar-refractivity contribution in [2.75, 3.05) is 26.9 Å². The molecule has 0 amide bonds. The van der Waals surface area contributed by atoms with Crippen LogP contribution in [0.15, 0.2) is 18.2 Å². The van der Waals surface area contributed by atoms with Gasteiger partial charge in [-0.2, -0.15) is 0 Å². The van der Waals surface area contributed by atoms with Gasteiger partial charge in [-0.25, -0.2) is 0 Å². The average Bonchev–Trinajstić information content (AvgIpc) is 2.85. The van der Waals surface area contributed by atoms with Gasteiger partial charge in [0, 0.05) is 25.9 Å². The molecule has 1 aliphatic carbocycles. The third-order valence-corrected chi connectivity index (χ3v) is 3.29. The summed E-state index contributed by atoms with van der Waals surface area (Å²) in [4.78, 5) is 11.9. The molecule has 0 spiro atoms. The molecular formula is C15H20O3. The maximum atomic E-state index is 11.9. The van der Waals surface area contributed by atoms with E-state index < -0.39 is 0 Å². The highest BCUT2D eigenvalue weighted by Crippen LogP contribution is 2.22. The number of benzene rings is 1. The quantitative estimate of drug-likeness (QED) is 0.549. The lowest BCUT2D eigenvalue weighted by atomic mass is 10.0. The van der Waals surface area contributed by atoms with Gasteiger partial charge in [-0.1, -0.05) is 12.1 Å². The van der Waals surface area contributed by atoms with Crippen molar-refractivity contribution in [1.82, 2.24) is 0 Å². The first-order chi connectivity index (χ1) is 8.81. The number of rotatable bonds is 7. The Morgan fingerprint density at radius 3 is 2.89 bits per heavy atom. The van der Waals surface area contributed by atoms with Gasteiger partial charge in [0.05, 0.1) is 0 Å². The van der Waals surface area contributed by atoms with Crippen molar-refractivity contribution >= 4 is 5.78 Å². The van der Waals surface area contributed by atoms with Gasteiger partial charge in [-0.15, -0.1) is 0 Å². The fourth-order valence-electron chi connectivity index (χ4n) is 2.30. The van der Waals surface area contributed by atoms with E-state index in [0.29, 0.717) is 13.2 Å². The summed E-state index contributed by atoms with van der Waals surface area (Å²) in [5, 5.41) is 0. The number of Topliss-reactive ketones (excluding diaryl/α,β-unsaturated/α-hetero) is 1. The number of carbonyl (C=O) groups is 1. The van der Waals surface area contributed by atoms with Gasteiger partial charge in [-0.3, -0.25) is 4.79 Å². The SMILES string of the molecule is COCCCOCC(=O)c1ccc2c(c1)CCC2. The number of methoxy groups -OCH3 is 1. The van der Waals surface area contributed by atoms with E-state index in [1.807, 2.05) is 12.1 Å². The van der Waals surface area contributed by atoms with Crippen molar-refractivity contribution in [1.29, 1.82) is 0 Å². The standard InChI is InChI=1S/C15H20O3/c1-17-8-3-9-18-11-15(16)14-7-6-12-4-2-5-13(12)10-14/h6-7,10H,2-5,8-9,11H2,1H3. The molecule has 0 saturated carbocycles. The molecule has 0 radical (unpaired) electrons. The Hall–Kier alpha value is -1.19. The van der Waals surface area contributed by atoms with Crippen molar-refractivity contribution in [3.8, 4) is 0 Å². The first-order valence-electron chi connectivity index (χ1n) is 6.53. The van der Waals surface area contributed by atoms with Crippen molar-refractivity contribution in [3.05, 3.63) is 34.9 Å². The van der Waals surface area contributed by atoms with E-state index in [2.05, 4.69) is 6.07 Å². The molecule has 0 aromatic heterocycles. The molecule has 3 nitrogen and oxygen atoms in total. The number of fused-ring (bicyclic) bond motifs is 1. The Morgan fingerprint density at radius 1 is 1.22 bits per heavy atom. The van der Waals surface area contributed by atoms with Crippen molar-refractivity contribution in [2.24, 2.45) is 0 Å². The zero-order valence-electron chi connectivity index (χ0n) is 10.9. The molecule has 0 saturated heterocycles. The van der Waals surface area contributed by atoms with E-state index in [9.17, 15) is 4.79 Å². The van der Waals surface area contributed by atoms with Crippen LogP contribution in [0.4, 0.5) is 0 Å². The molecule has 3 heteroatoms. The highest BCUT2D eigenvalue weighted by molar-refractivity contribution is 5.97. The fourth-order valence-corrected chi connectivity index (χ4v) is 2.30. The summed E-state index contributed by atoms with van der Waals surface area (Å²) in [7, 11) is 1.66. The lowest BCUT2D eigenvalue weighted by Crippen LogP contribution is -2.11. The van der Waals surface area contributed by atoms with Crippen LogP contribution in [0.3, 0.4) is 0 Å². The van der Waals surface area contributed by atoms with E-state index >= 15 is 0 Å². The van der Waals surface area contributed by atoms with Gasteiger partial charge >= 0.3 is 0 Å². The molecule has 0 atom stereocenters. The lowest BCUT2D eigenvalue weighted by molar-refractivity contribution is 0.0705. The number of aryl methyl sites for hydroxylation is 2. The molecule has 1 aromatic carbocycles. The molecule has 0 bridgehead atoms. The first-order valence-corrected chi connectivity index (χ1v) is 6.53. The van der Waals surface area contributed by atoms with Crippen molar-refractivity contribution in [3.63, 3.8) is 0 Å². The molecule has 1 aromatic rings. The second-order valence-corrected chi connectivity index (χ2v) is 4.66. The van der Waals surface area contributed by atoms with Crippen LogP contribution in [0.2, 0.25) is 0 Å².